The Kier molecular flexibility index (Phi) is 17.4. The summed E-state index contributed by atoms with van der Waals surface area (Å²) in [5.74, 6) is -3.83. The minimum absolute atomic E-state index is 0.175. The van der Waals surface area contributed by atoms with Crippen LogP contribution in [0, 0.1) is 0 Å². The standard InChI is InChI=1S/C27H49NO6/c1-5-6-7-8-9-10-11-12-13-14-15-16-17-18-19-20-21-28(22(2)25(29)30,23(3)26(31)32)24(4)27(33)34/h13-14,22-24H,5-12,15-21H2,1-4H3,(H2-,29,30,31,32,33,34)/b14-13+. The van der Waals surface area contributed by atoms with Crippen molar-refractivity contribution < 1.29 is 34.2 Å². The van der Waals surface area contributed by atoms with Gasteiger partial charge in [0, 0.05) is 0 Å². The van der Waals surface area contributed by atoms with Gasteiger partial charge in [-0.2, -0.15) is 0 Å². The zero-order valence-electron chi connectivity index (χ0n) is 22.0. The molecule has 0 rings (SSSR count). The number of hydrogen-bond acceptors (Lipinski definition) is 4. The molecule has 3 atom stereocenters. The molecule has 0 saturated carbocycles. The lowest BCUT2D eigenvalue weighted by Crippen LogP contribution is -2.72. The van der Waals surface area contributed by atoms with Crippen LogP contribution < -0.4 is 5.11 Å². The Morgan fingerprint density at radius 2 is 1.06 bits per heavy atom. The predicted molar refractivity (Wildman–Crippen MR) is 133 cm³/mol. The lowest BCUT2D eigenvalue weighted by Gasteiger charge is -2.49. The second kappa shape index (κ2) is 18.4. The maximum Gasteiger partial charge on any atom is 0.362 e. The zero-order chi connectivity index (χ0) is 26.0. The molecule has 0 saturated heterocycles. The number of nitrogens with zero attached hydrogens (tertiary/aromatic N) is 1. The number of carboxylic acid groups (broad SMARTS) is 3. The van der Waals surface area contributed by atoms with Crippen molar-refractivity contribution >= 4 is 17.9 Å². The van der Waals surface area contributed by atoms with Gasteiger partial charge in [-0.1, -0.05) is 70.4 Å². The molecule has 0 spiro atoms. The van der Waals surface area contributed by atoms with Crippen LogP contribution in [0.1, 0.15) is 118 Å². The summed E-state index contributed by atoms with van der Waals surface area (Å²) in [6.07, 6.45) is 20.4. The highest BCUT2D eigenvalue weighted by molar-refractivity contribution is 5.76. The molecule has 0 aliphatic heterocycles. The molecule has 0 aliphatic carbocycles. The molecule has 0 radical (unpaired) electrons. The fourth-order valence-electron chi connectivity index (χ4n) is 4.83. The van der Waals surface area contributed by atoms with Crippen LogP contribution in [0.3, 0.4) is 0 Å². The van der Waals surface area contributed by atoms with E-state index in [1.54, 1.807) is 0 Å². The molecular weight excluding hydrogens is 434 g/mol. The second-order valence-electron chi connectivity index (χ2n) is 9.68. The Morgan fingerprint density at radius 3 is 1.44 bits per heavy atom. The molecule has 7 heteroatoms. The van der Waals surface area contributed by atoms with E-state index in [1.807, 2.05) is 0 Å². The highest BCUT2D eigenvalue weighted by atomic mass is 16.4. The van der Waals surface area contributed by atoms with Gasteiger partial charge in [-0.3, -0.25) is 4.48 Å². The van der Waals surface area contributed by atoms with Crippen molar-refractivity contribution in [3.63, 3.8) is 0 Å². The van der Waals surface area contributed by atoms with Crippen LogP contribution in [-0.4, -0.2) is 57.3 Å². The van der Waals surface area contributed by atoms with Crippen LogP contribution in [0.4, 0.5) is 0 Å². The van der Waals surface area contributed by atoms with Gasteiger partial charge >= 0.3 is 11.9 Å². The van der Waals surface area contributed by atoms with Gasteiger partial charge in [0.05, 0.1) is 12.5 Å². The molecule has 2 N–H and O–H groups in total. The van der Waals surface area contributed by atoms with Crippen LogP contribution in [0.15, 0.2) is 12.2 Å². The summed E-state index contributed by atoms with van der Waals surface area (Å²) in [6.45, 7) is 6.54. The van der Waals surface area contributed by atoms with E-state index in [0.29, 0.717) is 6.42 Å². The molecule has 0 aromatic heterocycles. The zero-order valence-corrected chi connectivity index (χ0v) is 22.0. The van der Waals surface area contributed by atoms with Gasteiger partial charge in [0.25, 0.3) is 0 Å². The fourth-order valence-corrected chi connectivity index (χ4v) is 4.83. The average Bonchev–Trinajstić information content (AvgIpc) is 2.80. The van der Waals surface area contributed by atoms with Crippen LogP contribution in [0.2, 0.25) is 0 Å². The third kappa shape index (κ3) is 11.5. The van der Waals surface area contributed by atoms with Crippen molar-refractivity contribution in [1.29, 1.82) is 0 Å². The van der Waals surface area contributed by atoms with E-state index >= 15 is 0 Å². The van der Waals surface area contributed by atoms with Crippen LogP contribution in [-0.2, 0) is 14.4 Å². The average molecular weight is 484 g/mol. The molecule has 198 valence electrons. The van der Waals surface area contributed by atoms with Crippen molar-refractivity contribution in [1.82, 2.24) is 0 Å². The Bertz CT molecular complexity index is 568. The van der Waals surface area contributed by atoms with E-state index in [0.717, 1.165) is 38.5 Å². The summed E-state index contributed by atoms with van der Waals surface area (Å²) in [4.78, 5) is 35.1. The quantitative estimate of drug-likeness (QED) is 0.128. The molecular formula is C27H49NO6. The highest BCUT2D eigenvalue weighted by Gasteiger charge is 2.50. The number of aliphatic carboxylic acids is 3. The minimum Gasteiger partial charge on any atom is -0.544 e. The Balaban J connectivity index is 4.39. The third-order valence-electron chi connectivity index (χ3n) is 7.28. The third-order valence-corrected chi connectivity index (χ3v) is 7.28. The van der Waals surface area contributed by atoms with E-state index < -0.39 is 40.5 Å². The van der Waals surface area contributed by atoms with Gasteiger partial charge in [0.2, 0.25) is 0 Å². The predicted octanol–water partition coefficient (Wildman–Crippen LogP) is 4.93. The normalized spacial score (nSPS) is 16.1. The van der Waals surface area contributed by atoms with Gasteiger partial charge in [-0.15, -0.1) is 0 Å². The summed E-state index contributed by atoms with van der Waals surface area (Å²) >= 11 is 0. The maximum absolute atomic E-state index is 11.7. The van der Waals surface area contributed by atoms with Gasteiger partial charge in [-0.05, 0) is 59.3 Å². The summed E-state index contributed by atoms with van der Waals surface area (Å²) in [5, 5.41) is 30.8. The number of carbonyl (C=O) groups excluding carboxylic acids is 1. The van der Waals surface area contributed by atoms with Crippen molar-refractivity contribution in [3.05, 3.63) is 12.2 Å². The number of rotatable bonds is 22. The van der Waals surface area contributed by atoms with Gasteiger partial charge in [-0.25, -0.2) is 9.59 Å². The molecule has 3 unspecified atom stereocenters. The molecule has 0 amide bonds. The first-order valence-corrected chi connectivity index (χ1v) is 13.3. The van der Waals surface area contributed by atoms with Gasteiger partial charge in [0.15, 0.2) is 12.1 Å². The fraction of sp³-hybridized carbons (Fsp3) is 0.815. The van der Waals surface area contributed by atoms with Crippen molar-refractivity contribution in [2.24, 2.45) is 0 Å². The summed E-state index contributed by atoms with van der Waals surface area (Å²) in [6, 6.07) is -3.57. The number of carbonyl (C=O) groups is 3. The first-order chi connectivity index (χ1) is 16.1. The maximum atomic E-state index is 11.7. The molecule has 0 aliphatic rings. The molecule has 0 aromatic rings. The Hall–Kier alpha value is -1.89. The number of quaternary nitrogens is 1. The van der Waals surface area contributed by atoms with E-state index in [9.17, 15) is 29.7 Å². The largest absolute Gasteiger partial charge is 0.544 e. The molecule has 0 fully saturated rings. The first-order valence-electron chi connectivity index (χ1n) is 13.3. The summed E-state index contributed by atoms with van der Waals surface area (Å²) in [5.41, 5.74) is 0. The SMILES string of the molecule is CCCCCCCCC/C=C/CCCCCCC[N+](C(C)C(=O)[O-])(C(C)C(=O)O)C(C)C(=O)O. The van der Waals surface area contributed by atoms with Crippen LogP contribution in [0.5, 0.6) is 0 Å². The lowest BCUT2D eigenvalue weighted by molar-refractivity contribution is -0.969. The molecule has 0 heterocycles. The first kappa shape index (κ1) is 32.1. The lowest BCUT2D eigenvalue weighted by atomic mass is 10.00. The van der Waals surface area contributed by atoms with Crippen LogP contribution >= 0.6 is 0 Å². The smallest absolute Gasteiger partial charge is 0.362 e. The van der Waals surface area contributed by atoms with E-state index in [1.165, 1.54) is 65.7 Å². The van der Waals surface area contributed by atoms with Crippen molar-refractivity contribution in [2.75, 3.05) is 6.54 Å². The van der Waals surface area contributed by atoms with E-state index in [2.05, 4.69) is 19.1 Å². The van der Waals surface area contributed by atoms with E-state index in [4.69, 9.17) is 0 Å². The topological polar surface area (TPSA) is 115 Å². The van der Waals surface area contributed by atoms with E-state index in [-0.39, 0.29) is 6.54 Å². The number of hydrogen-bond donors (Lipinski definition) is 2. The number of carboxylic acids is 3. The minimum atomic E-state index is -1.43. The Labute approximate surface area is 206 Å². The van der Waals surface area contributed by atoms with Crippen molar-refractivity contribution in [2.45, 2.75) is 136 Å². The highest BCUT2D eigenvalue weighted by Crippen LogP contribution is 2.27. The molecule has 0 aromatic carbocycles. The summed E-state index contributed by atoms with van der Waals surface area (Å²) < 4.78 is -0.547. The van der Waals surface area contributed by atoms with Crippen molar-refractivity contribution in [3.8, 4) is 0 Å². The van der Waals surface area contributed by atoms with Gasteiger partial charge < -0.3 is 20.1 Å². The number of allylic oxidation sites excluding steroid dienone is 2. The van der Waals surface area contributed by atoms with Gasteiger partial charge in [0.1, 0.15) is 6.04 Å². The second-order valence-corrected chi connectivity index (χ2v) is 9.68. The molecule has 0 bridgehead atoms. The number of unbranched alkanes of at least 4 members (excludes halogenated alkanes) is 12. The monoisotopic (exact) mass is 483 g/mol. The van der Waals surface area contributed by atoms with Crippen LogP contribution in [0.25, 0.3) is 0 Å². The molecule has 34 heavy (non-hydrogen) atoms. The molecule has 7 nitrogen and oxygen atoms in total. The Morgan fingerprint density at radius 1 is 0.676 bits per heavy atom. The summed E-state index contributed by atoms with van der Waals surface area (Å²) in [7, 11) is 0.